The normalized spacial score (nSPS) is 15.4. The van der Waals surface area contributed by atoms with E-state index in [4.69, 9.17) is 6.42 Å². The second-order valence-corrected chi connectivity index (χ2v) is 11.2. The third-order valence-corrected chi connectivity index (χ3v) is 10.1. The fraction of sp³-hybridized carbons (Fsp3) is 0.818. The predicted molar refractivity (Wildman–Crippen MR) is 60.1 cm³/mol. The van der Waals surface area contributed by atoms with Gasteiger partial charge in [-0.25, -0.2) is 0 Å². The van der Waals surface area contributed by atoms with E-state index in [0.717, 1.165) is 12.0 Å². The van der Waals surface area contributed by atoms with Crippen molar-refractivity contribution in [2.45, 2.75) is 57.8 Å². The molecule has 0 aromatic rings. The molecule has 0 aromatic carbocycles. The van der Waals surface area contributed by atoms with Crippen molar-refractivity contribution in [2.75, 3.05) is 0 Å². The number of hydrogen-bond acceptors (Lipinski definition) is 0. The van der Waals surface area contributed by atoms with Crippen molar-refractivity contribution < 1.29 is 0 Å². The first-order valence-corrected chi connectivity index (χ1v) is 7.74. The van der Waals surface area contributed by atoms with Crippen LogP contribution in [0.1, 0.15) is 34.1 Å². The molecule has 0 radical (unpaired) electrons. The Labute approximate surface area is 78.8 Å². The van der Waals surface area contributed by atoms with Crippen molar-refractivity contribution in [1.29, 1.82) is 0 Å². The van der Waals surface area contributed by atoms with Crippen LogP contribution in [0.4, 0.5) is 0 Å². The van der Waals surface area contributed by atoms with Crippen LogP contribution in [-0.2, 0) is 0 Å². The van der Waals surface area contributed by atoms with Crippen LogP contribution >= 0.6 is 0 Å². The lowest BCUT2D eigenvalue weighted by Gasteiger charge is -2.41. The molecule has 0 aromatic heterocycles. The average Bonchev–Trinajstić information content (AvgIpc) is 1.85. The predicted octanol–water partition coefficient (Wildman–Crippen LogP) is 3.91. The van der Waals surface area contributed by atoms with Crippen molar-refractivity contribution in [3.8, 4) is 12.3 Å². The Morgan fingerprint density at radius 1 is 1.33 bits per heavy atom. The summed E-state index contributed by atoms with van der Waals surface area (Å²) in [6.07, 6.45) is 6.28. The number of rotatable bonds is 2. The smallest absolute Gasteiger partial charge is 0.0565 e. The van der Waals surface area contributed by atoms with E-state index >= 15 is 0 Å². The second-order valence-electron chi connectivity index (χ2n) is 5.28. The van der Waals surface area contributed by atoms with Gasteiger partial charge in [0.1, 0.15) is 0 Å². The summed E-state index contributed by atoms with van der Waals surface area (Å²) in [7, 11) is -1.17. The van der Waals surface area contributed by atoms with Crippen LogP contribution in [0.2, 0.25) is 23.7 Å². The maximum Gasteiger partial charge on any atom is 0.0565 e. The molecular formula is C11H22Si. The van der Waals surface area contributed by atoms with Crippen molar-refractivity contribution in [1.82, 2.24) is 0 Å². The molecule has 12 heavy (non-hydrogen) atoms. The third kappa shape index (κ3) is 2.38. The van der Waals surface area contributed by atoms with Gasteiger partial charge >= 0.3 is 0 Å². The molecule has 0 saturated heterocycles. The molecule has 0 aliphatic rings. The molecule has 0 rings (SSSR count). The van der Waals surface area contributed by atoms with Gasteiger partial charge in [-0.2, -0.15) is 0 Å². The van der Waals surface area contributed by atoms with Crippen LogP contribution in [0.15, 0.2) is 0 Å². The maximum atomic E-state index is 5.34. The fourth-order valence-corrected chi connectivity index (χ4v) is 3.28. The SMILES string of the molecule is C#CCC(C)[Si](C)(C)C(C)(C)C. The summed E-state index contributed by atoms with van der Waals surface area (Å²) in [5.41, 5.74) is 0.725. The quantitative estimate of drug-likeness (QED) is 0.449. The van der Waals surface area contributed by atoms with Crippen LogP contribution in [0.25, 0.3) is 0 Å². The van der Waals surface area contributed by atoms with Crippen molar-refractivity contribution in [3.05, 3.63) is 0 Å². The minimum atomic E-state index is -1.17. The average molecular weight is 182 g/mol. The summed E-state index contributed by atoms with van der Waals surface area (Å²) >= 11 is 0. The van der Waals surface area contributed by atoms with Gasteiger partial charge in [0.25, 0.3) is 0 Å². The Balaban J connectivity index is 4.52. The van der Waals surface area contributed by atoms with Gasteiger partial charge in [0, 0.05) is 6.42 Å². The molecule has 0 saturated carbocycles. The van der Waals surface area contributed by atoms with E-state index in [-0.39, 0.29) is 0 Å². The molecule has 1 heteroatoms. The molecule has 0 spiro atoms. The van der Waals surface area contributed by atoms with Crippen molar-refractivity contribution >= 4 is 8.07 Å². The van der Waals surface area contributed by atoms with E-state index in [0.29, 0.717) is 5.04 Å². The summed E-state index contributed by atoms with van der Waals surface area (Å²) in [5, 5.41) is 0.462. The molecule has 0 aliphatic heterocycles. The highest BCUT2D eigenvalue weighted by atomic mass is 28.3. The van der Waals surface area contributed by atoms with Crippen LogP contribution in [0, 0.1) is 12.3 Å². The summed E-state index contributed by atoms with van der Waals surface area (Å²) in [5.74, 6) is 2.78. The number of terminal acetylenes is 1. The first kappa shape index (κ1) is 11.8. The van der Waals surface area contributed by atoms with Crippen LogP contribution in [0.5, 0.6) is 0 Å². The minimum Gasteiger partial charge on any atom is -0.120 e. The Hall–Kier alpha value is -0.223. The molecule has 0 bridgehead atoms. The van der Waals surface area contributed by atoms with Crippen molar-refractivity contribution in [2.24, 2.45) is 0 Å². The highest BCUT2D eigenvalue weighted by molar-refractivity contribution is 6.81. The molecule has 0 nitrogen and oxygen atoms in total. The lowest BCUT2D eigenvalue weighted by molar-refractivity contribution is 0.687. The molecule has 0 N–H and O–H groups in total. The van der Waals surface area contributed by atoms with Gasteiger partial charge in [-0.15, -0.1) is 12.3 Å². The van der Waals surface area contributed by atoms with Gasteiger partial charge in [-0.3, -0.25) is 0 Å². The standard InChI is InChI=1S/C11H22Si/c1-8-9-10(2)12(6,7)11(3,4)5/h1,10H,9H2,2-7H3. The van der Waals surface area contributed by atoms with Crippen LogP contribution in [-0.4, -0.2) is 8.07 Å². The van der Waals surface area contributed by atoms with Crippen LogP contribution in [0.3, 0.4) is 0 Å². The molecule has 0 amide bonds. The highest BCUT2D eigenvalue weighted by Gasteiger charge is 2.39. The van der Waals surface area contributed by atoms with Gasteiger partial charge in [0.05, 0.1) is 8.07 Å². The lowest BCUT2D eigenvalue weighted by atomic mass is 10.2. The Morgan fingerprint density at radius 2 is 1.75 bits per heavy atom. The zero-order valence-electron chi connectivity index (χ0n) is 9.36. The maximum absolute atomic E-state index is 5.34. The fourth-order valence-electron chi connectivity index (χ4n) is 1.17. The third-order valence-electron chi connectivity index (χ3n) is 3.59. The first-order chi connectivity index (χ1) is 5.23. The molecule has 0 heterocycles. The molecule has 0 aliphatic carbocycles. The Morgan fingerprint density at radius 3 is 2.00 bits per heavy atom. The van der Waals surface area contributed by atoms with Crippen molar-refractivity contribution in [3.63, 3.8) is 0 Å². The monoisotopic (exact) mass is 182 g/mol. The topological polar surface area (TPSA) is 0 Å². The largest absolute Gasteiger partial charge is 0.120 e. The Kier molecular flexibility index (Phi) is 3.59. The van der Waals surface area contributed by atoms with Crippen LogP contribution < -0.4 is 0 Å². The first-order valence-electron chi connectivity index (χ1n) is 4.67. The van der Waals surface area contributed by atoms with Gasteiger partial charge < -0.3 is 0 Å². The van der Waals surface area contributed by atoms with E-state index < -0.39 is 8.07 Å². The molecule has 70 valence electrons. The summed E-state index contributed by atoms with van der Waals surface area (Å²) in [4.78, 5) is 0. The minimum absolute atomic E-state index is 0.462. The van der Waals surface area contributed by atoms with E-state index in [2.05, 4.69) is 46.7 Å². The molecule has 0 fully saturated rings. The lowest BCUT2D eigenvalue weighted by Crippen LogP contribution is -2.40. The summed E-state index contributed by atoms with van der Waals surface area (Å²) in [6.45, 7) is 14.2. The zero-order valence-corrected chi connectivity index (χ0v) is 10.4. The molecule has 1 atom stereocenters. The number of hydrogen-bond donors (Lipinski definition) is 0. The second kappa shape index (κ2) is 3.66. The van der Waals surface area contributed by atoms with E-state index in [1.54, 1.807) is 0 Å². The van der Waals surface area contributed by atoms with E-state index in [9.17, 15) is 0 Å². The van der Waals surface area contributed by atoms with Gasteiger partial charge in [-0.05, 0) is 10.6 Å². The van der Waals surface area contributed by atoms with Gasteiger partial charge in [-0.1, -0.05) is 40.8 Å². The molecule has 1 unspecified atom stereocenters. The van der Waals surface area contributed by atoms with E-state index in [1.165, 1.54) is 0 Å². The van der Waals surface area contributed by atoms with Gasteiger partial charge in [0.15, 0.2) is 0 Å². The summed E-state index contributed by atoms with van der Waals surface area (Å²) < 4.78 is 0. The molecular weight excluding hydrogens is 160 g/mol. The van der Waals surface area contributed by atoms with Gasteiger partial charge in [0.2, 0.25) is 0 Å². The summed E-state index contributed by atoms with van der Waals surface area (Å²) in [6, 6.07) is 0. The van der Waals surface area contributed by atoms with E-state index in [1.807, 2.05) is 0 Å². The Bertz CT molecular complexity index is 178. The zero-order chi connectivity index (χ0) is 9.99. The highest BCUT2D eigenvalue weighted by Crippen LogP contribution is 2.44.